The molecule has 0 fully saturated rings. The number of benzene rings is 2. The van der Waals surface area contributed by atoms with Gasteiger partial charge in [0.05, 0.1) is 6.10 Å². The largest absolute Gasteiger partial charge is 0.388 e. The summed E-state index contributed by atoms with van der Waals surface area (Å²) >= 11 is 10.0. The Morgan fingerprint density at radius 1 is 1.00 bits per heavy atom. The summed E-state index contributed by atoms with van der Waals surface area (Å²) < 4.78 is 15.7. The first-order chi connectivity index (χ1) is 8.95. The predicted octanol–water partition coefficient (Wildman–Crippen LogP) is 5.39. The van der Waals surface area contributed by atoms with Gasteiger partial charge in [0.15, 0.2) is 0 Å². The van der Waals surface area contributed by atoms with Crippen molar-refractivity contribution in [1.29, 1.82) is 0 Å². The summed E-state index contributed by atoms with van der Waals surface area (Å²) in [5.74, 6) is -0.313. The van der Waals surface area contributed by atoms with E-state index in [-0.39, 0.29) is 5.82 Å². The number of aliphatic hydroxyl groups excluding tert-OH is 1. The lowest BCUT2D eigenvalue weighted by Crippen LogP contribution is -2.03. The van der Waals surface area contributed by atoms with Crippen LogP contribution in [0.5, 0.6) is 0 Å². The molecule has 1 unspecified atom stereocenters. The van der Waals surface area contributed by atoms with E-state index in [1.54, 1.807) is 6.07 Å². The molecule has 0 saturated heterocycles. The molecule has 2 rings (SSSR count). The predicted molar refractivity (Wildman–Crippen MR) is 84.6 cm³/mol. The lowest BCUT2D eigenvalue weighted by atomic mass is 10.0. The first-order valence-corrected chi connectivity index (χ1v) is 7.91. The van der Waals surface area contributed by atoms with E-state index < -0.39 is 6.10 Å². The molecular weight excluding hydrogens is 443 g/mol. The Morgan fingerprint density at radius 3 is 2.37 bits per heavy atom. The van der Waals surface area contributed by atoms with Gasteiger partial charge in [-0.3, -0.25) is 0 Å². The Bertz CT molecular complexity index is 581. The summed E-state index contributed by atoms with van der Waals surface area (Å²) in [6, 6.07) is 10.2. The van der Waals surface area contributed by atoms with E-state index >= 15 is 0 Å². The Labute approximate surface area is 136 Å². The molecule has 0 saturated carbocycles. The standard InChI is InChI=1S/C14H10Br3FO/c15-9-1-2-12(13(17)7-9)14(19)5-8-3-10(16)6-11(18)4-8/h1-4,6-7,14,19H,5H2. The monoisotopic (exact) mass is 450 g/mol. The topological polar surface area (TPSA) is 20.2 Å². The van der Waals surface area contributed by atoms with Gasteiger partial charge in [-0.15, -0.1) is 0 Å². The van der Waals surface area contributed by atoms with E-state index in [1.807, 2.05) is 18.2 Å². The molecule has 0 aliphatic rings. The van der Waals surface area contributed by atoms with Gasteiger partial charge < -0.3 is 5.11 Å². The van der Waals surface area contributed by atoms with Gasteiger partial charge in [-0.2, -0.15) is 0 Å². The van der Waals surface area contributed by atoms with Gasteiger partial charge in [0.2, 0.25) is 0 Å². The molecule has 0 radical (unpaired) electrons. The first kappa shape index (κ1) is 15.2. The molecule has 2 aromatic carbocycles. The van der Waals surface area contributed by atoms with Crippen LogP contribution in [-0.4, -0.2) is 5.11 Å². The van der Waals surface area contributed by atoms with Crippen molar-refractivity contribution in [2.45, 2.75) is 12.5 Å². The van der Waals surface area contributed by atoms with Crippen molar-refractivity contribution in [2.24, 2.45) is 0 Å². The second-order valence-electron chi connectivity index (χ2n) is 4.16. The van der Waals surface area contributed by atoms with E-state index in [1.165, 1.54) is 12.1 Å². The molecule has 0 aromatic heterocycles. The van der Waals surface area contributed by atoms with Crippen LogP contribution in [0.3, 0.4) is 0 Å². The maximum absolute atomic E-state index is 13.3. The molecule has 0 aliphatic heterocycles. The quantitative estimate of drug-likeness (QED) is 0.662. The summed E-state index contributed by atoms with van der Waals surface area (Å²) in [5.41, 5.74) is 1.53. The zero-order valence-electron chi connectivity index (χ0n) is 9.71. The summed E-state index contributed by atoms with van der Waals surface area (Å²) in [6.07, 6.45) is -0.326. The fourth-order valence-corrected chi connectivity index (χ4v) is 3.66. The highest BCUT2D eigenvalue weighted by Gasteiger charge is 2.13. The number of hydrogen-bond acceptors (Lipinski definition) is 1. The minimum Gasteiger partial charge on any atom is -0.388 e. The van der Waals surface area contributed by atoms with Gasteiger partial charge in [-0.05, 0) is 41.5 Å². The van der Waals surface area contributed by atoms with Gasteiger partial charge in [-0.1, -0.05) is 53.9 Å². The van der Waals surface area contributed by atoms with Crippen LogP contribution in [0.2, 0.25) is 0 Å². The number of hydrogen-bond donors (Lipinski definition) is 1. The normalized spacial score (nSPS) is 12.5. The molecular formula is C14H10Br3FO. The van der Waals surface area contributed by atoms with Gasteiger partial charge in [0.1, 0.15) is 5.82 Å². The number of rotatable bonds is 3. The Morgan fingerprint density at radius 2 is 1.74 bits per heavy atom. The second-order valence-corrected chi connectivity index (χ2v) is 6.85. The zero-order chi connectivity index (χ0) is 14.0. The highest BCUT2D eigenvalue weighted by atomic mass is 79.9. The molecule has 0 amide bonds. The third kappa shape index (κ3) is 4.12. The van der Waals surface area contributed by atoms with Crippen molar-refractivity contribution in [3.63, 3.8) is 0 Å². The smallest absolute Gasteiger partial charge is 0.124 e. The average Bonchev–Trinajstić information content (AvgIpc) is 2.26. The van der Waals surface area contributed by atoms with E-state index in [0.717, 1.165) is 20.1 Å². The summed E-state index contributed by atoms with van der Waals surface area (Å²) in [7, 11) is 0. The van der Waals surface area contributed by atoms with E-state index in [9.17, 15) is 9.50 Å². The summed E-state index contributed by atoms with van der Waals surface area (Å²) in [4.78, 5) is 0. The van der Waals surface area contributed by atoms with Crippen molar-refractivity contribution in [3.05, 3.63) is 66.8 Å². The molecule has 19 heavy (non-hydrogen) atoms. The van der Waals surface area contributed by atoms with Crippen LogP contribution in [0.1, 0.15) is 17.2 Å². The van der Waals surface area contributed by atoms with Gasteiger partial charge >= 0.3 is 0 Å². The van der Waals surface area contributed by atoms with Crippen LogP contribution in [0, 0.1) is 5.82 Å². The number of halogens is 4. The SMILES string of the molecule is OC(Cc1cc(F)cc(Br)c1)c1ccc(Br)cc1Br. The minimum absolute atomic E-state index is 0.313. The molecule has 0 aliphatic carbocycles. The van der Waals surface area contributed by atoms with Gasteiger partial charge in [0.25, 0.3) is 0 Å². The molecule has 2 aromatic rings. The third-order valence-electron chi connectivity index (χ3n) is 2.67. The van der Waals surface area contributed by atoms with Crippen molar-refractivity contribution in [1.82, 2.24) is 0 Å². The van der Waals surface area contributed by atoms with Crippen LogP contribution in [-0.2, 0) is 6.42 Å². The lowest BCUT2D eigenvalue weighted by molar-refractivity contribution is 0.177. The lowest BCUT2D eigenvalue weighted by Gasteiger charge is -2.13. The number of aliphatic hydroxyl groups is 1. The maximum atomic E-state index is 13.3. The molecule has 0 spiro atoms. The van der Waals surface area contributed by atoms with Crippen LogP contribution in [0.15, 0.2) is 49.8 Å². The summed E-state index contributed by atoms with van der Waals surface area (Å²) in [6.45, 7) is 0. The van der Waals surface area contributed by atoms with Crippen molar-refractivity contribution in [3.8, 4) is 0 Å². The van der Waals surface area contributed by atoms with Crippen molar-refractivity contribution < 1.29 is 9.50 Å². The van der Waals surface area contributed by atoms with E-state index in [0.29, 0.717) is 10.9 Å². The maximum Gasteiger partial charge on any atom is 0.124 e. The molecule has 1 nitrogen and oxygen atoms in total. The van der Waals surface area contributed by atoms with Gasteiger partial charge in [0, 0.05) is 19.8 Å². The zero-order valence-corrected chi connectivity index (χ0v) is 14.5. The Hall–Kier alpha value is -0.230. The van der Waals surface area contributed by atoms with Gasteiger partial charge in [-0.25, -0.2) is 4.39 Å². The second kappa shape index (κ2) is 6.48. The minimum atomic E-state index is -0.684. The third-order valence-corrected chi connectivity index (χ3v) is 4.31. The fraction of sp³-hybridized carbons (Fsp3) is 0.143. The van der Waals surface area contributed by atoms with Crippen LogP contribution in [0.25, 0.3) is 0 Å². The van der Waals surface area contributed by atoms with E-state index in [2.05, 4.69) is 47.8 Å². The van der Waals surface area contributed by atoms with Crippen LogP contribution >= 0.6 is 47.8 Å². The molecule has 1 N–H and O–H groups in total. The Kier molecular flexibility index (Phi) is 5.17. The van der Waals surface area contributed by atoms with Crippen molar-refractivity contribution in [2.75, 3.05) is 0 Å². The Balaban J connectivity index is 2.22. The summed E-state index contributed by atoms with van der Waals surface area (Å²) in [5, 5.41) is 10.2. The highest BCUT2D eigenvalue weighted by Crippen LogP contribution is 2.29. The highest BCUT2D eigenvalue weighted by molar-refractivity contribution is 9.11. The molecule has 0 heterocycles. The van der Waals surface area contributed by atoms with Crippen LogP contribution < -0.4 is 0 Å². The average molecular weight is 453 g/mol. The first-order valence-electron chi connectivity index (χ1n) is 5.53. The van der Waals surface area contributed by atoms with E-state index in [4.69, 9.17) is 0 Å². The van der Waals surface area contributed by atoms with Crippen LogP contribution in [0.4, 0.5) is 4.39 Å². The van der Waals surface area contributed by atoms with Crippen molar-refractivity contribution >= 4 is 47.8 Å². The molecule has 1 atom stereocenters. The molecule has 0 bridgehead atoms. The molecule has 5 heteroatoms. The fourth-order valence-electron chi connectivity index (χ4n) is 1.83. The molecule has 100 valence electrons.